The summed E-state index contributed by atoms with van der Waals surface area (Å²) in [7, 11) is 0. The number of nitrogens with one attached hydrogen (secondary N) is 1. The van der Waals surface area contributed by atoms with Crippen molar-refractivity contribution >= 4 is 40.7 Å². The van der Waals surface area contributed by atoms with Gasteiger partial charge in [0.1, 0.15) is 6.54 Å². The summed E-state index contributed by atoms with van der Waals surface area (Å²) in [4.78, 5) is 53.7. The van der Waals surface area contributed by atoms with Crippen molar-refractivity contribution in [3.05, 3.63) is 87.1 Å². The summed E-state index contributed by atoms with van der Waals surface area (Å²) in [5.41, 5.74) is 3.30. The van der Waals surface area contributed by atoms with E-state index in [0.29, 0.717) is 34.8 Å². The molecule has 7 nitrogen and oxygen atoms in total. The fourth-order valence-electron chi connectivity index (χ4n) is 4.09. The van der Waals surface area contributed by atoms with Crippen LogP contribution in [0.5, 0.6) is 0 Å². The van der Waals surface area contributed by atoms with Crippen LogP contribution in [-0.2, 0) is 17.8 Å². The number of amides is 4. The van der Waals surface area contributed by atoms with Crippen LogP contribution < -0.4 is 5.32 Å². The van der Waals surface area contributed by atoms with Crippen molar-refractivity contribution < 1.29 is 19.2 Å². The fourth-order valence-corrected chi connectivity index (χ4v) is 4.78. The highest BCUT2D eigenvalue weighted by Crippen LogP contribution is 2.26. The molecule has 2 aromatic carbocycles. The van der Waals surface area contributed by atoms with Crippen LogP contribution >= 0.6 is 11.3 Å². The Kier molecular flexibility index (Phi) is 5.07. The Morgan fingerprint density at radius 3 is 2.38 bits per heavy atom. The molecule has 3 heterocycles. The summed E-state index contributed by atoms with van der Waals surface area (Å²) >= 11 is 1.42. The molecule has 0 bridgehead atoms. The average molecular weight is 446 g/mol. The van der Waals surface area contributed by atoms with Crippen LogP contribution in [-0.4, -0.2) is 46.5 Å². The Labute approximate surface area is 188 Å². The van der Waals surface area contributed by atoms with E-state index in [1.165, 1.54) is 11.3 Å². The zero-order chi connectivity index (χ0) is 22.2. The van der Waals surface area contributed by atoms with Crippen LogP contribution in [0, 0.1) is 0 Å². The van der Waals surface area contributed by atoms with Gasteiger partial charge < -0.3 is 10.2 Å². The van der Waals surface area contributed by atoms with Crippen molar-refractivity contribution in [2.24, 2.45) is 0 Å². The van der Waals surface area contributed by atoms with Crippen LogP contribution in [0.25, 0.3) is 0 Å². The van der Waals surface area contributed by atoms with Crippen molar-refractivity contribution in [3.63, 3.8) is 0 Å². The molecule has 0 spiro atoms. The quantitative estimate of drug-likeness (QED) is 0.625. The van der Waals surface area contributed by atoms with Gasteiger partial charge in [-0.25, -0.2) is 0 Å². The minimum atomic E-state index is -0.464. The molecular formula is C24H19N3O4S. The van der Waals surface area contributed by atoms with Crippen molar-refractivity contribution in [2.45, 2.75) is 13.0 Å². The summed E-state index contributed by atoms with van der Waals surface area (Å²) < 4.78 is 0. The van der Waals surface area contributed by atoms with E-state index in [-0.39, 0.29) is 12.5 Å². The Bertz CT molecular complexity index is 1220. The van der Waals surface area contributed by atoms with Gasteiger partial charge in [-0.05, 0) is 53.3 Å². The second-order valence-corrected chi connectivity index (χ2v) is 8.68. The molecule has 0 radical (unpaired) electrons. The van der Waals surface area contributed by atoms with E-state index in [0.717, 1.165) is 22.4 Å². The lowest BCUT2D eigenvalue weighted by Crippen LogP contribution is -2.37. The van der Waals surface area contributed by atoms with E-state index in [1.807, 2.05) is 29.6 Å². The van der Waals surface area contributed by atoms with E-state index in [2.05, 4.69) is 5.32 Å². The first kappa shape index (κ1) is 20.1. The molecule has 1 aromatic heterocycles. The smallest absolute Gasteiger partial charge is 0.264 e. The number of carbonyl (C=O) groups excluding carboxylic acids is 4. The lowest BCUT2D eigenvalue weighted by atomic mass is 9.99. The summed E-state index contributed by atoms with van der Waals surface area (Å²) in [6.07, 6.45) is 0.746. The molecule has 5 rings (SSSR count). The largest absolute Gasteiger partial charge is 0.333 e. The third-order valence-electron chi connectivity index (χ3n) is 5.70. The highest BCUT2D eigenvalue weighted by molar-refractivity contribution is 7.12. The molecule has 0 atom stereocenters. The van der Waals surface area contributed by atoms with Gasteiger partial charge in [0.05, 0.1) is 16.0 Å². The summed E-state index contributed by atoms with van der Waals surface area (Å²) in [6.45, 7) is 0.760. The molecule has 2 aliphatic heterocycles. The van der Waals surface area contributed by atoms with Crippen molar-refractivity contribution in [1.82, 2.24) is 9.80 Å². The average Bonchev–Trinajstić information content (AvgIpc) is 3.42. The van der Waals surface area contributed by atoms with Crippen LogP contribution in [0.2, 0.25) is 0 Å². The lowest BCUT2D eigenvalue weighted by Gasteiger charge is -2.29. The molecule has 3 aromatic rings. The van der Waals surface area contributed by atoms with Gasteiger partial charge in [-0.15, -0.1) is 11.3 Å². The van der Waals surface area contributed by atoms with Crippen LogP contribution in [0.1, 0.15) is 41.5 Å². The van der Waals surface area contributed by atoms with Gasteiger partial charge in [-0.3, -0.25) is 24.1 Å². The molecule has 4 amide bonds. The molecule has 1 N–H and O–H groups in total. The molecular weight excluding hydrogens is 426 g/mol. The Balaban J connectivity index is 1.27. The maximum Gasteiger partial charge on any atom is 0.264 e. The van der Waals surface area contributed by atoms with E-state index in [4.69, 9.17) is 0 Å². The van der Waals surface area contributed by atoms with Gasteiger partial charge in [-0.2, -0.15) is 0 Å². The summed E-state index contributed by atoms with van der Waals surface area (Å²) in [5, 5.41) is 4.65. The summed E-state index contributed by atoms with van der Waals surface area (Å²) in [6, 6.07) is 15.8. The predicted molar refractivity (Wildman–Crippen MR) is 120 cm³/mol. The molecule has 32 heavy (non-hydrogen) atoms. The van der Waals surface area contributed by atoms with Gasteiger partial charge in [0.15, 0.2) is 0 Å². The third-order valence-corrected chi connectivity index (χ3v) is 6.56. The molecule has 0 unspecified atom stereocenters. The Morgan fingerprint density at radius 1 is 0.938 bits per heavy atom. The zero-order valence-electron chi connectivity index (χ0n) is 17.0. The van der Waals surface area contributed by atoms with Gasteiger partial charge in [0, 0.05) is 18.8 Å². The molecule has 0 saturated heterocycles. The maximum atomic E-state index is 12.7. The second kappa shape index (κ2) is 8.05. The van der Waals surface area contributed by atoms with E-state index < -0.39 is 17.7 Å². The second-order valence-electron chi connectivity index (χ2n) is 7.73. The number of carbonyl (C=O) groups is 4. The highest BCUT2D eigenvalue weighted by Gasteiger charge is 2.36. The molecule has 160 valence electrons. The Morgan fingerprint density at radius 2 is 1.69 bits per heavy atom. The summed E-state index contributed by atoms with van der Waals surface area (Å²) in [5.74, 6) is -1.38. The minimum Gasteiger partial charge on any atom is -0.333 e. The zero-order valence-corrected chi connectivity index (χ0v) is 17.9. The van der Waals surface area contributed by atoms with Crippen LogP contribution in [0.3, 0.4) is 0 Å². The number of rotatable bonds is 4. The van der Waals surface area contributed by atoms with Gasteiger partial charge in [0.2, 0.25) is 5.91 Å². The predicted octanol–water partition coefficient (Wildman–Crippen LogP) is 3.18. The van der Waals surface area contributed by atoms with Crippen molar-refractivity contribution in [1.29, 1.82) is 0 Å². The van der Waals surface area contributed by atoms with E-state index >= 15 is 0 Å². The first-order valence-corrected chi connectivity index (χ1v) is 11.1. The number of hydrogen-bond donors (Lipinski definition) is 1. The van der Waals surface area contributed by atoms with Crippen LogP contribution in [0.15, 0.2) is 60.0 Å². The number of imide groups is 1. The standard InChI is InChI=1S/C24H19N3O4S/c28-21(14-27-22(29)18-4-1-2-5-19(18)23(27)30)25-17-8-7-15-9-10-26(13-16(15)12-17)24(31)20-6-3-11-32-20/h1-8,11-12H,9-10,13-14H2,(H,25,28). The normalized spacial score (nSPS) is 14.9. The lowest BCUT2D eigenvalue weighted by molar-refractivity contribution is -0.116. The van der Waals surface area contributed by atoms with Gasteiger partial charge >= 0.3 is 0 Å². The SMILES string of the molecule is O=C(CN1C(=O)c2ccccc2C1=O)Nc1ccc2c(c1)CN(C(=O)c1cccs1)CC2. The highest BCUT2D eigenvalue weighted by atomic mass is 32.1. The number of thiophene rings is 1. The van der Waals surface area contributed by atoms with Gasteiger partial charge in [0.25, 0.3) is 17.7 Å². The van der Waals surface area contributed by atoms with E-state index in [1.54, 1.807) is 35.2 Å². The third kappa shape index (κ3) is 3.58. The molecule has 0 fully saturated rings. The van der Waals surface area contributed by atoms with E-state index in [9.17, 15) is 19.2 Å². The monoisotopic (exact) mass is 445 g/mol. The van der Waals surface area contributed by atoms with Crippen molar-refractivity contribution in [3.8, 4) is 0 Å². The van der Waals surface area contributed by atoms with Crippen LogP contribution in [0.4, 0.5) is 5.69 Å². The maximum absolute atomic E-state index is 12.7. The van der Waals surface area contributed by atoms with Gasteiger partial charge in [-0.1, -0.05) is 24.3 Å². The molecule has 2 aliphatic rings. The number of nitrogens with zero attached hydrogens (tertiary/aromatic N) is 2. The molecule has 0 aliphatic carbocycles. The van der Waals surface area contributed by atoms with Crippen molar-refractivity contribution in [2.75, 3.05) is 18.4 Å². The number of hydrogen-bond acceptors (Lipinski definition) is 5. The first-order valence-electron chi connectivity index (χ1n) is 10.2. The number of anilines is 1. The Hall–Kier alpha value is -3.78. The topological polar surface area (TPSA) is 86.8 Å². The molecule has 0 saturated carbocycles. The fraction of sp³-hybridized carbons (Fsp3) is 0.167. The first-order chi connectivity index (χ1) is 15.5. The minimum absolute atomic E-state index is 0.00529. The number of benzene rings is 2. The number of fused-ring (bicyclic) bond motifs is 2. The molecule has 8 heteroatoms.